The molecule has 1 N–H and O–H groups in total. The summed E-state index contributed by atoms with van der Waals surface area (Å²) in [6.45, 7) is 5.02. The Kier molecular flexibility index (Phi) is 8.38. The molecule has 0 bridgehead atoms. The molecule has 0 aromatic rings. The summed E-state index contributed by atoms with van der Waals surface area (Å²) in [5.74, 6) is -0.700. The van der Waals surface area contributed by atoms with Gasteiger partial charge in [-0.25, -0.2) is 0 Å². The Balaban J connectivity index is 3.62. The molecule has 0 aliphatic carbocycles. The summed E-state index contributed by atoms with van der Waals surface area (Å²) in [4.78, 5) is 12.8. The zero-order valence-corrected chi connectivity index (χ0v) is 10.3. The molecule has 15 heavy (non-hydrogen) atoms. The van der Waals surface area contributed by atoms with Crippen molar-refractivity contribution < 1.29 is 9.90 Å². The minimum absolute atomic E-state index is 0.309. The first-order valence-corrected chi connectivity index (χ1v) is 6.06. The van der Waals surface area contributed by atoms with Gasteiger partial charge >= 0.3 is 5.97 Å². The van der Waals surface area contributed by atoms with Crippen LogP contribution < -0.4 is 0 Å². The molecule has 0 spiro atoms. The second-order valence-corrected chi connectivity index (χ2v) is 4.16. The van der Waals surface area contributed by atoms with Gasteiger partial charge in [0.05, 0.1) is 0 Å². The van der Waals surface area contributed by atoms with Crippen molar-refractivity contribution in [3.8, 4) is 0 Å². The zero-order valence-electron chi connectivity index (χ0n) is 10.3. The van der Waals surface area contributed by atoms with E-state index in [4.69, 9.17) is 5.11 Å². The van der Waals surface area contributed by atoms with Gasteiger partial charge in [-0.15, -0.1) is 0 Å². The Morgan fingerprint density at radius 3 is 2.27 bits per heavy atom. The number of carbonyl (C=O) groups is 1. The van der Waals surface area contributed by atoms with Crippen molar-refractivity contribution in [1.82, 2.24) is 4.90 Å². The van der Waals surface area contributed by atoms with E-state index in [1.165, 1.54) is 25.7 Å². The normalized spacial score (nSPS) is 13.1. The van der Waals surface area contributed by atoms with Gasteiger partial charge in [0.25, 0.3) is 0 Å². The Morgan fingerprint density at radius 2 is 1.80 bits per heavy atom. The van der Waals surface area contributed by atoms with Gasteiger partial charge in [-0.3, -0.25) is 9.69 Å². The van der Waals surface area contributed by atoms with Crippen molar-refractivity contribution >= 4 is 5.97 Å². The van der Waals surface area contributed by atoms with Crippen LogP contribution in [0.15, 0.2) is 0 Å². The summed E-state index contributed by atoms with van der Waals surface area (Å²) < 4.78 is 0. The summed E-state index contributed by atoms with van der Waals surface area (Å²) >= 11 is 0. The van der Waals surface area contributed by atoms with E-state index in [9.17, 15) is 4.79 Å². The van der Waals surface area contributed by atoms with Crippen LogP contribution in [-0.2, 0) is 4.79 Å². The largest absolute Gasteiger partial charge is 0.480 e. The summed E-state index contributed by atoms with van der Waals surface area (Å²) in [6, 6.07) is -0.309. The monoisotopic (exact) mass is 215 g/mol. The van der Waals surface area contributed by atoms with Gasteiger partial charge in [0, 0.05) is 0 Å². The molecule has 0 aliphatic rings. The lowest BCUT2D eigenvalue weighted by Gasteiger charge is -2.23. The number of rotatable bonds is 9. The molecule has 0 amide bonds. The number of aliphatic carboxylic acids is 1. The molecule has 0 fully saturated rings. The van der Waals surface area contributed by atoms with E-state index in [0.717, 1.165) is 13.0 Å². The smallest absolute Gasteiger partial charge is 0.320 e. The molecule has 0 aromatic heterocycles. The Labute approximate surface area is 93.5 Å². The van der Waals surface area contributed by atoms with Crippen LogP contribution in [0.1, 0.15) is 52.4 Å². The van der Waals surface area contributed by atoms with Crippen molar-refractivity contribution in [1.29, 1.82) is 0 Å². The summed E-state index contributed by atoms with van der Waals surface area (Å²) in [7, 11) is 1.90. The number of likely N-dealkylation sites (N-methyl/N-ethyl adjacent to an activating group) is 1. The summed E-state index contributed by atoms with van der Waals surface area (Å²) in [5.41, 5.74) is 0. The highest BCUT2D eigenvalue weighted by Crippen LogP contribution is 2.07. The average Bonchev–Trinajstić information content (AvgIpc) is 2.18. The van der Waals surface area contributed by atoms with Gasteiger partial charge in [-0.2, -0.15) is 0 Å². The average molecular weight is 215 g/mol. The predicted molar refractivity (Wildman–Crippen MR) is 63.1 cm³/mol. The summed E-state index contributed by atoms with van der Waals surface area (Å²) in [5, 5.41) is 8.94. The fourth-order valence-corrected chi connectivity index (χ4v) is 1.80. The van der Waals surface area contributed by atoms with Crippen LogP contribution in [-0.4, -0.2) is 35.6 Å². The van der Waals surface area contributed by atoms with E-state index in [1.54, 1.807) is 0 Å². The van der Waals surface area contributed by atoms with Gasteiger partial charge in [-0.1, -0.05) is 39.5 Å². The molecule has 0 heterocycles. The first-order chi connectivity index (χ1) is 7.13. The molecular weight excluding hydrogens is 190 g/mol. The second-order valence-electron chi connectivity index (χ2n) is 4.16. The maximum absolute atomic E-state index is 10.9. The Bertz CT molecular complexity index is 171. The lowest BCUT2D eigenvalue weighted by Crippen LogP contribution is -2.38. The van der Waals surface area contributed by atoms with Crippen molar-refractivity contribution in [2.45, 2.75) is 58.4 Å². The predicted octanol–water partition coefficient (Wildman–Crippen LogP) is 2.75. The molecule has 0 radical (unpaired) electrons. The highest BCUT2D eigenvalue weighted by molar-refractivity contribution is 5.73. The molecule has 3 heteroatoms. The molecule has 0 saturated carbocycles. The van der Waals surface area contributed by atoms with Crippen LogP contribution in [0.3, 0.4) is 0 Å². The fourth-order valence-electron chi connectivity index (χ4n) is 1.80. The van der Waals surface area contributed by atoms with Gasteiger partial charge in [0.15, 0.2) is 0 Å². The maximum Gasteiger partial charge on any atom is 0.320 e. The molecule has 1 unspecified atom stereocenters. The minimum Gasteiger partial charge on any atom is -0.480 e. The van der Waals surface area contributed by atoms with Crippen molar-refractivity contribution in [3.05, 3.63) is 0 Å². The standard InChI is InChI=1S/C12H25NO2/c1-4-6-7-8-9-10-13(3)11(5-2)12(14)15/h11H,4-10H2,1-3H3,(H,14,15). The number of unbranched alkanes of at least 4 members (excludes halogenated alkanes) is 4. The van der Waals surface area contributed by atoms with E-state index in [1.807, 2.05) is 18.9 Å². The zero-order chi connectivity index (χ0) is 11.7. The van der Waals surface area contributed by atoms with E-state index >= 15 is 0 Å². The van der Waals surface area contributed by atoms with E-state index < -0.39 is 5.97 Å². The Morgan fingerprint density at radius 1 is 1.20 bits per heavy atom. The Hall–Kier alpha value is -0.570. The third-order valence-electron chi connectivity index (χ3n) is 2.82. The number of carboxylic acid groups (broad SMARTS) is 1. The third kappa shape index (κ3) is 6.50. The SMILES string of the molecule is CCCCCCCN(C)C(CC)C(=O)O. The topological polar surface area (TPSA) is 40.5 Å². The first kappa shape index (κ1) is 14.4. The molecule has 90 valence electrons. The van der Waals surface area contributed by atoms with Crippen molar-refractivity contribution in [3.63, 3.8) is 0 Å². The van der Waals surface area contributed by atoms with Gasteiger partial charge in [0.1, 0.15) is 6.04 Å². The number of hydrogen-bond donors (Lipinski definition) is 1. The van der Waals surface area contributed by atoms with E-state index in [-0.39, 0.29) is 6.04 Å². The number of hydrogen-bond acceptors (Lipinski definition) is 2. The number of carboxylic acids is 1. The molecule has 0 rings (SSSR count). The van der Waals surface area contributed by atoms with Crippen LogP contribution in [0.5, 0.6) is 0 Å². The maximum atomic E-state index is 10.9. The van der Waals surface area contributed by atoms with Crippen molar-refractivity contribution in [2.24, 2.45) is 0 Å². The van der Waals surface area contributed by atoms with Gasteiger partial charge < -0.3 is 5.11 Å². The van der Waals surface area contributed by atoms with Gasteiger partial charge in [0.2, 0.25) is 0 Å². The number of nitrogens with zero attached hydrogens (tertiary/aromatic N) is 1. The van der Waals surface area contributed by atoms with Crippen LogP contribution in [0.2, 0.25) is 0 Å². The minimum atomic E-state index is -0.700. The van der Waals surface area contributed by atoms with Crippen LogP contribution >= 0.6 is 0 Å². The molecule has 3 nitrogen and oxygen atoms in total. The van der Waals surface area contributed by atoms with Crippen molar-refractivity contribution in [2.75, 3.05) is 13.6 Å². The van der Waals surface area contributed by atoms with Crippen LogP contribution in [0.25, 0.3) is 0 Å². The second kappa shape index (κ2) is 8.72. The fraction of sp³-hybridized carbons (Fsp3) is 0.917. The lowest BCUT2D eigenvalue weighted by molar-refractivity contribution is -0.142. The molecule has 1 atom stereocenters. The van der Waals surface area contributed by atoms with E-state index in [0.29, 0.717) is 6.42 Å². The van der Waals surface area contributed by atoms with Gasteiger partial charge in [-0.05, 0) is 26.4 Å². The highest BCUT2D eigenvalue weighted by atomic mass is 16.4. The molecule has 0 aromatic carbocycles. The van der Waals surface area contributed by atoms with E-state index in [2.05, 4.69) is 6.92 Å². The molecule has 0 aliphatic heterocycles. The van der Waals surface area contributed by atoms with Crippen LogP contribution in [0, 0.1) is 0 Å². The summed E-state index contributed by atoms with van der Waals surface area (Å²) in [6.07, 6.45) is 6.83. The highest BCUT2D eigenvalue weighted by Gasteiger charge is 2.19. The van der Waals surface area contributed by atoms with Crippen LogP contribution in [0.4, 0.5) is 0 Å². The third-order valence-corrected chi connectivity index (χ3v) is 2.82. The quantitative estimate of drug-likeness (QED) is 0.601. The molecular formula is C12H25NO2. The molecule has 0 saturated heterocycles. The first-order valence-electron chi connectivity index (χ1n) is 6.06. The lowest BCUT2D eigenvalue weighted by atomic mass is 10.1.